The third-order valence-electron chi connectivity index (χ3n) is 9.53. The lowest BCUT2D eigenvalue weighted by Gasteiger charge is -2.13. The van der Waals surface area contributed by atoms with Gasteiger partial charge in [0.05, 0.1) is 22.4 Å². The molecular formula is C46H32N2. The van der Waals surface area contributed by atoms with Gasteiger partial charge in [-0.1, -0.05) is 132 Å². The fourth-order valence-electron chi connectivity index (χ4n) is 7.04. The molecule has 2 heterocycles. The van der Waals surface area contributed by atoms with Crippen LogP contribution in [-0.2, 0) is 0 Å². The minimum absolute atomic E-state index is 0.975. The van der Waals surface area contributed by atoms with Gasteiger partial charge >= 0.3 is 0 Å². The molecule has 0 fully saturated rings. The third-order valence-corrected chi connectivity index (χ3v) is 9.53. The van der Waals surface area contributed by atoms with Gasteiger partial charge in [-0.05, 0) is 83.3 Å². The lowest BCUT2D eigenvalue weighted by atomic mass is 9.92. The summed E-state index contributed by atoms with van der Waals surface area (Å²) in [5, 5.41) is 7.12. The van der Waals surface area contributed by atoms with Crippen molar-refractivity contribution in [1.29, 1.82) is 0 Å². The molecular weight excluding hydrogens is 581 g/mol. The molecule has 48 heavy (non-hydrogen) atoms. The van der Waals surface area contributed by atoms with Crippen molar-refractivity contribution in [2.24, 2.45) is 0 Å². The Morgan fingerprint density at radius 3 is 1.21 bits per heavy atom. The summed E-state index contributed by atoms with van der Waals surface area (Å²) < 4.78 is 0. The average Bonchev–Trinajstić information content (AvgIpc) is 3.14. The van der Waals surface area contributed by atoms with E-state index in [-0.39, 0.29) is 0 Å². The Hall–Kier alpha value is -6.12. The normalized spacial score (nSPS) is 11.5. The van der Waals surface area contributed by atoms with Gasteiger partial charge in [-0.2, -0.15) is 0 Å². The molecule has 0 spiro atoms. The van der Waals surface area contributed by atoms with Gasteiger partial charge in [-0.3, -0.25) is 0 Å². The van der Waals surface area contributed by atoms with E-state index in [1.807, 2.05) is 0 Å². The quantitative estimate of drug-likeness (QED) is 0.185. The zero-order valence-corrected chi connectivity index (χ0v) is 26.9. The van der Waals surface area contributed by atoms with Crippen LogP contribution >= 0.6 is 0 Å². The van der Waals surface area contributed by atoms with E-state index >= 15 is 0 Å². The van der Waals surface area contributed by atoms with Crippen molar-refractivity contribution in [1.82, 2.24) is 9.97 Å². The van der Waals surface area contributed by atoms with Gasteiger partial charge in [0.2, 0.25) is 0 Å². The molecule has 9 aromatic rings. The van der Waals surface area contributed by atoms with E-state index < -0.39 is 0 Å². The molecule has 0 radical (unpaired) electrons. The van der Waals surface area contributed by atoms with E-state index in [1.165, 1.54) is 43.8 Å². The SMILES string of the molecule is Cc1ccc2ccc3ccc(-c4cccc(-c5ccccc5-c5cccc(-c6ccc7ccc8ccc(C)cc8c7n6)c5)c4)nc3c2c1. The summed E-state index contributed by atoms with van der Waals surface area (Å²) in [4.78, 5) is 10.4. The number of nitrogens with zero attached hydrogens (tertiary/aromatic N) is 2. The van der Waals surface area contributed by atoms with Crippen molar-refractivity contribution in [2.75, 3.05) is 0 Å². The van der Waals surface area contributed by atoms with Gasteiger partial charge in [0, 0.05) is 32.7 Å². The van der Waals surface area contributed by atoms with Crippen LogP contribution in [0.5, 0.6) is 0 Å². The van der Waals surface area contributed by atoms with Crippen LogP contribution in [0.1, 0.15) is 11.1 Å². The number of aryl methyl sites for hydroxylation is 2. The fourth-order valence-corrected chi connectivity index (χ4v) is 7.04. The Balaban J connectivity index is 1.12. The van der Waals surface area contributed by atoms with Crippen LogP contribution in [0, 0.1) is 13.8 Å². The molecule has 2 heteroatoms. The van der Waals surface area contributed by atoms with Crippen LogP contribution in [0.15, 0.2) is 158 Å². The molecule has 226 valence electrons. The average molecular weight is 613 g/mol. The highest BCUT2D eigenvalue weighted by Crippen LogP contribution is 2.37. The van der Waals surface area contributed by atoms with Crippen LogP contribution < -0.4 is 0 Å². The standard InChI is InChI=1S/C46H32N2/c1-29-13-15-31-17-19-33-21-23-43(47-45(33)41(31)25-29)37-9-5-7-35(27-37)39-11-3-4-12-40(39)36-8-6-10-38(28-36)44-24-22-34-20-18-32-16-14-30(2)26-42(32)46(34)48-44/h3-28H,1-2H3. The van der Waals surface area contributed by atoms with E-state index in [4.69, 9.17) is 9.97 Å². The topological polar surface area (TPSA) is 25.8 Å². The summed E-state index contributed by atoms with van der Waals surface area (Å²) in [6, 6.07) is 56.8. The zero-order chi connectivity index (χ0) is 32.2. The van der Waals surface area contributed by atoms with E-state index in [0.717, 1.165) is 55.4 Å². The maximum Gasteiger partial charge on any atom is 0.0787 e. The highest BCUT2D eigenvalue weighted by Gasteiger charge is 2.12. The number of aromatic nitrogens is 2. The maximum absolute atomic E-state index is 5.21. The molecule has 0 amide bonds. The van der Waals surface area contributed by atoms with Gasteiger partial charge in [-0.15, -0.1) is 0 Å². The lowest BCUT2D eigenvalue weighted by molar-refractivity contribution is 1.40. The molecule has 0 bridgehead atoms. The molecule has 0 aliphatic carbocycles. The summed E-state index contributed by atoms with van der Waals surface area (Å²) in [5.74, 6) is 0. The minimum Gasteiger partial charge on any atom is -0.247 e. The number of hydrogen-bond donors (Lipinski definition) is 0. The number of benzene rings is 7. The Morgan fingerprint density at radius 1 is 0.333 bits per heavy atom. The summed E-state index contributed by atoms with van der Waals surface area (Å²) in [7, 11) is 0. The summed E-state index contributed by atoms with van der Waals surface area (Å²) in [6.07, 6.45) is 0. The Labute approximate surface area is 280 Å². The summed E-state index contributed by atoms with van der Waals surface area (Å²) in [6.45, 7) is 4.28. The van der Waals surface area contributed by atoms with Gasteiger partial charge < -0.3 is 0 Å². The summed E-state index contributed by atoms with van der Waals surface area (Å²) in [5.41, 5.74) is 13.4. The van der Waals surface area contributed by atoms with Crippen LogP contribution in [-0.4, -0.2) is 9.97 Å². The largest absolute Gasteiger partial charge is 0.247 e. The second-order valence-corrected chi connectivity index (χ2v) is 12.8. The predicted octanol–water partition coefficient (Wildman–Crippen LogP) is 12.4. The van der Waals surface area contributed by atoms with E-state index in [2.05, 4.69) is 172 Å². The predicted molar refractivity (Wildman–Crippen MR) is 203 cm³/mol. The van der Waals surface area contributed by atoms with Crippen molar-refractivity contribution in [3.8, 4) is 44.8 Å². The third kappa shape index (κ3) is 4.90. The first-order valence-electron chi connectivity index (χ1n) is 16.5. The van der Waals surface area contributed by atoms with Crippen molar-refractivity contribution >= 4 is 43.4 Å². The molecule has 2 nitrogen and oxygen atoms in total. The van der Waals surface area contributed by atoms with Crippen LogP contribution in [0.3, 0.4) is 0 Å². The second kappa shape index (κ2) is 11.3. The number of hydrogen-bond acceptors (Lipinski definition) is 2. The monoisotopic (exact) mass is 612 g/mol. The molecule has 0 aliphatic heterocycles. The van der Waals surface area contributed by atoms with Crippen LogP contribution in [0.25, 0.3) is 88.1 Å². The molecule has 9 rings (SSSR count). The Kier molecular flexibility index (Phi) is 6.62. The smallest absolute Gasteiger partial charge is 0.0787 e. The number of pyridine rings is 2. The zero-order valence-electron chi connectivity index (χ0n) is 26.9. The number of fused-ring (bicyclic) bond motifs is 6. The van der Waals surface area contributed by atoms with Gasteiger partial charge in [0.15, 0.2) is 0 Å². The molecule has 0 unspecified atom stereocenters. The van der Waals surface area contributed by atoms with Crippen molar-refractivity contribution in [2.45, 2.75) is 13.8 Å². The fraction of sp³-hybridized carbons (Fsp3) is 0.0435. The first kappa shape index (κ1) is 28.1. The second-order valence-electron chi connectivity index (χ2n) is 12.8. The lowest BCUT2D eigenvalue weighted by Crippen LogP contribution is -1.90. The van der Waals surface area contributed by atoms with Gasteiger partial charge in [-0.25, -0.2) is 9.97 Å². The molecule has 2 aromatic heterocycles. The van der Waals surface area contributed by atoms with Crippen molar-refractivity contribution < 1.29 is 0 Å². The van der Waals surface area contributed by atoms with Crippen LogP contribution in [0.2, 0.25) is 0 Å². The van der Waals surface area contributed by atoms with E-state index in [0.29, 0.717) is 0 Å². The van der Waals surface area contributed by atoms with Crippen LogP contribution in [0.4, 0.5) is 0 Å². The van der Waals surface area contributed by atoms with Gasteiger partial charge in [0.25, 0.3) is 0 Å². The highest BCUT2D eigenvalue weighted by molar-refractivity contribution is 6.07. The van der Waals surface area contributed by atoms with E-state index in [9.17, 15) is 0 Å². The maximum atomic E-state index is 5.21. The Morgan fingerprint density at radius 2 is 0.729 bits per heavy atom. The number of rotatable bonds is 4. The van der Waals surface area contributed by atoms with Crippen molar-refractivity contribution in [3.63, 3.8) is 0 Å². The minimum atomic E-state index is 0.975. The first-order valence-corrected chi connectivity index (χ1v) is 16.5. The molecule has 7 aromatic carbocycles. The molecule has 0 saturated carbocycles. The molecule has 0 N–H and O–H groups in total. The van der Waals surface area contributed by atoms with E-state index in [1.54, 1.807) is 0 Å². The Bertz CT molecular complexity index is 2520. The summed E-state index contributed by atoms with van der Waals surface area (Å²) >= 11 is 0. The highest BCUT2D eigenvalue weighted by atomic mass is 14.7. The molecule has 0 aliphatic rings. The molecule has 0 saturated heterocycles. The van der Waals surface area contributed by atoms with Gasteiger partial charge in [0.1, 0.15) is 0 Å². The van der Waals surface area contributed by atoms with Crippen molar-refractivity contribution in [3.05, 3.63) is 169 Å². The first-order chi connectivity index (χ1) is 23.6. The molecule has 0 atom stereocenters.